The maximum absolute atomic E-state index is 9.90. The molecule has 0 radical (unpaired) electrons. The molecular formula is C12H22O3. The largest absolute Gasteiger partial charge is 0.393 e. The van der Waals surface area contributed by atoms with Crippen molar-refractivity contribution in [3.05, 3.63) is 0 Å². The highest BCUT2D eigenvalue weighted by Gasteiger charge is 2.24. The van der Waals surface area contributed by atoms with Crippen LogP contribution < -0.4 is 0 Å². The zero-order valence-corrected chi connectivity index (χ0v) is 9.36. The van der Waals surface area contributed by atoms with Crippen molar-refractivity contribution >= 4 is 0 Å². The number of hydrogen-bond donors (Lipinski definition) is 1. The molecule has 1 N–H and O–H groups in total. The molecule has 0 spiro atoms. The van der Waals surface area contributed by atoms with Crippen molar-refractivity contribution < 1.29 is 14.6 Å². The van der Waals surface area contributed by atoms with Gasteiger partial charge in [-0.25, -0.2) is 0 Å². The average Bonchev–Trinajstić information content (AvgIpc) is 2.90. The molecule has 0 saturated carbocycles. The molecule has 0 amide bonds. The van der Waals surface area contributed by atoms with Gasteiger partial charge in [0.25, 0.3) is 0 Å². The molecule has 15 heavy (non-hydrogen) atoms. The Labute approximate surface area is 91.8 Å². The van der Waals surface area contributed by atoms with Crippen LogP contribution >= 0.6 is 0 Å². The van der Waals surface area contributed by atoms with Gasteiger partial charge in [-0.3, -0.25) is 0 Å². The topological polar surface area (TPSA) is 38.7 Å². The zero-order chi connectivity index (χ0) is 10.5. The van der Waals surface area contributed by atoms with Crippen LogP contribution in [0.3, 0.4) is 0 Å². The van der Waals surface area contributed by atoms with Crippen LogP contribution in [0.2, 0.25) is 0 Å². The Morgan fingerprint density at radius 2 is 2.20 bits per heavy atom. The van der Waals surface area contributed by atoms with Crippen molar-refractivity contribution in [1.82, 2.24) is 0 Å². The van der Waals surface area contributed by atoms with Gasteiger partial charge < -0.3 is 14.6 Å². The number of ether oxygens (including phenoxy) is 2. The van der Waals surface area contributed by atoms with Gasteiger partial charge in [0.15, 0.2) is 0 Å². The standard InChI is InChI=1S/C12H22O3/c13-12(10-6-8-14-9-10)5-1-3-11-4-2-7-15-11/h10-13H,1-9H2. The highest BCUT2D eigenvalue weighted by atomic mass is 16.5. The van der Waals surface area contributed by atoms with Gasteiger partial charge in [0.05, 0.1) is 18.8 Å². The first-order valence-electron chi connectivity index (χ1n) is 6.23. The van der Waals surface area contributed by atoms with E-state index in [1.807, 2.05) is 0 Å². The molecule has 3 unspecified atom stereocenters. The number of rotatable bonds is 5. The summed E-state index contributed by atoms with van der Waals surface area (Å²) in [5.41, 5.74) is 0. The van der Waals surface area contributed by atoms with Gasteiger partial charge in [-0.05, 0) is 38.5 Å². The fourth-order valence-electron chi connectivity index (χ4n) is 2.52. The van der Waals surface area contributed by atoms with Crippen molar-refractivity contribution in [1.29, 1.82) is 0 Å². The van der Waals surface area contributed by atoms with Crippen LogP contribution in [0.25, 0.3) is 0 Å². The molecule has 0 aromatic rings. The molecular weight excluding hydrogens is 192 g/mol. The van der Waals surface area contributed by atoms with Gasteiger partial charge in [-0.1, -0.05) is 0 Å². The van der Waals surface area contributed by atoms with Gasteiger partial charge in [0.2, 0.25) is 0 Å². The first-order valence-corrected chi connectivity index (χ1v) is 6.23. The highest BCUT2D eigenvalue weighted by Crippen LogP contribution is 2.23. The second-order valence-corrected chi connectivity index (χ2v) is 4.76. The molecule has 2 fully saturated rings. The Hall–Kier alpha value is -0.120. The van der Waals surface area contributed by atoms with E-state index in [0.717, 1.165) is 45.5 Å². The van der Waals surface area contributed by atoms with Crippen molar-refractivity contribution in [2.75, 3.05) is 19.8 Å². The Bertz CT molecular complexity index is 172. The van der Waals surface area contributed by atoms with E-state index in [-0.39, 0.29) is 6.10 Å². The summed E-state index contributed by atoms with van der Waals surface area (Å²) in [5.74, 6) is 0.384. The number of hydrogen-bond acceptors (Lipinski definition) is 3. The summed E-state index contributed by atoms with van der Waals surface area (Å²) in [5, 5.41) is 9.90. The minimum Gasteiger partial charge on any atom is -0.393 e. The van der Waals surface area contributed by atoms with Crippen LogP contribution in [-0.2, 0) is 9.47 Å². The second-order valence-electron chi connectivity index (χ2n) is 4.76. The lowest BCUT2D eigenvalue weighted by molar-refractivity contribution is 0.0701. The third-order valence-electron chi connectivity index (χ3n) is 3.56. The summed E-state index contributed by atoms with van der Waals surface area (Å²) in [6, 6.07) is 0. The van der Waals surface area contributed by atoms with E-state index in [1.54, 1.807) is 0 Å². The molecule has 3 atom stereocenters. The maximum Gasteiger partial charge on any atom is 0.0591 e. The van der Waals surface area contributed by atoms with Crippen LogP contribution in [0.1, 0.15) is 38.5 Å². The summed E-state index contributed by atoms with van der Waals surface area (Å²) in [4.78, 5) is 0. The Morgan fingerprint density at radius 3 is 2.87 bits per heavy atom. The van der Waals surface area contributed by atoms with Crippen LogP contribution in [-0.4, -0.2) is 37.1 Å². The van der Waals surface area contributed by atoms with Crippen LogP contribution in [0, 0.1) is 5.92 Å². The number of aliphatic hydroxyl groups excluding tert-OH is 1. The predicted octanol–water partition coefficient (Wildman–Crippen LogP) is 1.73. The van der Waals surface area contributed by atoms with E-state index >= 15 is 0 Å². The molecule has 0 aromatic carbocycles. The molecule has 2 aliphatic rings. The molecule has 0 aromatic heterocycles. The Balaban J connectivity index is 1.56. The van der Waals surface area contributed by atoms with Crippen LogP contribution in [0.15, 0.2) is 0 Å². The average molecular weight is 214 g/mol. The first-order chi connectivity index (χ1) is 7.36. The minimum absolute atomic E-state index is 0.158. The summed E-state index contributed by atoms with van der Waals surface area (Å²) >= 11 is 0. The fraction of sp³-hybridized carbons (Fsp3) is 1.00. The molecule has 3 nitrogen and oxygen atoms in total. The Kier molecular flexibility index (Phi) is 4.42. The van der Waals surface area contributed by atoms with E-state index in [9.17, 15) is 5.11 Å². The SMILES string of the molecule is OC(CCCC1CCCO1)C1CCOC1. The van der Waals surface area contributed by atoms with Crippen molar-refractivity contribution in [2.45, 2.75) is 50.7 Å². The normalized spacial score (nSPS) is 33.4. The van der Waals surface area contributed by atoms with E-state index in [1.165, 1.54) is 12.8 Å². The van der Waals surface area contributed by atoms with E-state index in [2.05, 4.69) is 0 Å². The molecule has 2 saturated heterocycles. The van der Waals surface area contributed by atoms with E-state index < -0.39 is 0 Å². The monoisotopic (exact) mass is 214 g/mol. The minimum atomic E-state index is -0.158. The smallest absolute Gasteiger partial charge is 0.0591 e. The van der Waals surface area contributed by atoms with Gasteiger partial charge in [0.1, 0.15) is 0 Å². The first kappa shape index (κ1) is 11.4. The molecule has 2 aliphatic heterocycles. The molecule has 0 bridgehead atoms. The zero-order valence-electron chi connectivity index (χ0n) is 9.36. The molecule has 3 heteroatoms. The van der Waals surface area contributed by atoms with E-state index in [4.69, 9.17) is 9.47 Å². The lowest BCUT2D eigenvalue weighted by Crippen LogP contribution is -2.21. The van der Waals surface area contributed by atoms with Gasteiger partial charge in [0, 0.05) is 19.1 Å². The van der Waals surface area contributed by atoms with Gasteiger partial charge >= 0.3 is 0 Å². The molecule has 88 valence electrons. The fourth-order valence-corrected chi connectivity index (χ4v) is 2.52. The predicted molar refractivity (Wildman–Crippen MR) is 57.8 cm³/mol. The third kappa shape index (κ3) is 3.44. The molecule has 2 rings (SSSR count). The van der Waals surface area contributed by atoms with Crippen LogP contribution in [0.4, 0.5) is 0 Å². The van der Waals surface area contributed by atoms with Gasteiger partial charge in [-0.2, -0.15) is 0 Å². The summed E-state index contributed by atoms with van der Waals surface area (Å²) < 4.78 is 10.8. The summed E-state index contributed by atoms with van der Waals surface area (Å²) in [7, 11) is 0. The van der Waals surface area contributed by atoms with Gasteiger partial charge in [-0.15, -0.1) is 0 Å². The quantitative estimate of drug-likeness (QED) is 0.757. The lowest BCUT2D eigenvalue weighted by atomic mass is 9.96. The summed E-state index contributed by atoms with van der Waals surface area (Å²) in [6.07, 6.45) is 6.87. The maximum atomic E-state index is 9.90. The highest BCUT2D eigenvalue weighted by molar-refractivity contribution is 4.73. The number of aliphatic hydroxyl groups is 1. The van der Waals surface area contributed by atoms with Crippen molar-refractivity contribution in [3.63, 3.8) is 0 Å². The molecule has 0 aliphatic carbocycles. The molecule has 2 heterocycles. The van der Waals surface area contributed by atoms with E-state index in [0.29, 0.717) is 12.0 Å². The lowest BCUT2D eigenvalue weighted by Gasteiger charge is -2.17. The van der Waals surface area contributed by atoms with Crippen LogP contribution in [0.5, 0.6) is 0 Å². The third-order valence-corrected chi connectivity index (χ3v) is 3.56. The van der Waals surface area contributed by atoms with Crippen molar-refractivity contribution in [2.24, 2.45) is 5.92 Å². The Morgan fingerprint density at radius 1 is 1.27 bits per heavy atom. The summed E-state index contributed by atoms with van der Waals surface area (Å²) in [6.45, 7) is 2.51. The van der Waals surface area contributed by atoms with Crippen molar-refractivity contribution in [3.8, 4) is 0 Å². The second kappa shape index (κ2) is 5.83.